The van der Waals surface area contributed by atoms with Crippen LogP contribution in [0.15, 0.2) is 65.7 Å². The Morgan fingerprint density at radius 3 is 2.84 bits per heavy atom. The van der Waals surface area contributed by atoms with Crippen LogP contribution in [0.2, 0.25) is 0 Å². The van der Waals surface area contributed by atoms with Crippen LogP contribution in [0.3, 0.4) is 0 Å². The molecule has 0 unspecified atom stereocenters. The Morgan fingerprint density at radius 2 is 2.32 bits per heavy atom. The van der Waals surface area contributed by atoms with Crippen LogP contribution in [-0.4, -0.2) is 18.5 Å². The summed E-state index contributed by atoms with van der Waals surface area (Å²) in [5.74, 6) is 0. The first-order valence-electron chi connectivity index (χ1n) is 6.34. The van der Waals surface area contributed by atoms with Crippen molar-refractivity contribution >= 4 is 16.9 Å². The molecule has 0 atom stereocenters. The first-order valence-corrected chi connectivity index (χ1v) is 7.29. The fourth-order valence-electron chi connectivity index (χ4n) is 1.66. The Kier molecular flexibility index (Phi) is 6.73. The van der Waals surface area contributed by atoms with Crippen molar-refractivity contribution < 1.29 is 0 Å². The van der Waals surface area contributed by atoms with Crippen molar-refractivity contribution in [1.82, 2.24) is 4.90 Å². The summed E-state index contributed by atoms with van der Waals surface area (Å²) < 4.78 is 0. The highest BCUT2D eigenvalue weighted by Crippen LogP contribution is 2.19. The van der Waals surface area contributed by atoms with Crippen molar-refractivity contribution in [3.8, 4) is 0 Å². The average molecular weight is 271 g/mol. The summed E-state index contributed by atoms with van der Waals surface area (Å²) in [4.78, 5) is 2.15. The van der Waals surface area contributed by atoms with E-state index in [0.717, 1.165) is 18.7 Å². The SMILES string of the molecule is C=C=C(CC=CC(=CC=C)c1ccsc1)N(C)CC. The number of nitrogens with zero attached hydrogens (tertiary/aromatic N) is 1. The number of hydrogen-bond acceptors (Lipinski definition) is 2. The van der Waals surface area contributed by atoms with Gasteiger partial charge < -0.3 is 4.90 Å². The zero-order chi connectivity index (χ0) is 14.1. The van der Waals surface area contributed by atoms with Gasteiger partial charge in [-0.3, -0.25) is 0 Å². The molecule has 0 saturated carbocycles. The van der Waals surface area contributed by atoms with Gasteiger partial charge in [-0.2, -0.15) is 11.3 Å². The zero-order valence-corrected chi connectivity index (χ0v) is 12.5. The first kappa shape index (κ1) is 15.3. The molecular formula is C17H21NS. The van der Waals surface area contributed by atoms with E-state index in [-0.39, 0.29) is 0 Å². The van der Waals surface area contributed by atoms with Gasteiger partial charge >= 0.3 is 0 Å². The average Bonchev–Trinajstić information content (AvgIpc) is 2.95. The number of rotatable bonds is 7. The minimum absolute atomic E-state index is 0.840. The van der Waals surface area contributed by atoms with E-state index in [2.05, 4.69) is 66.7 Å². The monoisotopic (exact) mass is 271 g/mol. The van der Waals surface area contributed by atoms with Gasteiger partial charge in [-0.1, -0.05) is 37.5 Å². The van der Waals surface area contributed by atoms with Gasteiger partial charge in [0.05, 0.1) is 5.70 Å². The molecule has 0 aliphatic heterocycles. The predicted molar refractivity (Wildman–Crippen MR) is 87.2 cm³/mol. The molecule has 0 bridgehead atoms. The summed E-state index contributed by atoms with van der Waals surface area (Å²) >= 11 is 1.70. The summed E-state index contributed by atoms with van der Waals surface area (Å²) in [6, 6.07) is 2.12. The molecular weight excluding hydrogens is 250 g/mol. The van der Waals surface area contributed by atoms with E-state index in [4.69, 9.17) is 0 Å². The fourth-order valence-corrected chi connectivity index (χ4v) is 2.32. The maximum atomic E-state index is 3.77. The molecule has 1 aromatic rings. The van der Waals surface area contributed by atoms with Crippen molar-refractivity contribution in [2.24, 2.45) is 0 Å². The maximum Gasteiger partial charge on any atom is 0.0593 e. The maximum absolute atomic E-state index is 3.77. The molecule has 1 heterocycles. The molecule has 1 aromatic heterocycles. The second-order valence-electron chi connectivity index (χ2n) is 4.11. The summed E-state index contributed by atoms with van der Waals surface area (Å²) in [5.41, 5.74) is 6.52. The van der Waals surface area contributed by atoms with Crippen LogP contribution in [0.5, 0.6) is 0 Å². The van der Waals surface area contributed by atoms with Crippen LogP contribution in [0.4, 0.5) is 0 Å². The van der Waals surface area contributed by atoms with E-state index in [1.54, 1.807) is 11.3 Å². The molecule has 0 radical (unpaired) electrons. The van der Waals surface area contributed by atoms with Crippen molar-refractivity contribution in [1.29, 1.82) is 0 Å². The van der Waals surface area contributed by atoms with Crippen LogP contribution < -0.4 is 0 Å². The van der Waals surface area contributed by atoms with Crippen LogP contribution in [0, 0.1) is 0 Å². The normalized spacial score (nSPS) is 11.4. The lowest BCUT2D eigenvalue weighted by Gasteiger charge is -2.17. The number of hydrogen-bond donors (Lipinski definition) is 0. The second-order valence-corrected chi connectivity index (χ2v) is 4.89. The third kappa shape index (κ3) is 4.78. The van der Waals surface area contributed by atoms with Gasteiger partial charge in [0, 0.05) is 20.0 Å². The van der Waals surface area contributed by atoms with Gasteiger partial charge in [0.1, 0.15) is 0 Å². The lowest BCUT2D eigenvalue weighted by Crippen LogP contribution is -2.15. The highest BCUT2D eigenvalue weighted by molar-refractivity contribution is 7.08. The Labute approximate surface area is 120 Å². The van der Waals surface area contributed by atoms with Crippen molar-refractivity contribution in [2.75, 3.05) is 13.6 Å². The molecule has 0 N–H and O–H groups in total. The molecule has 0 aliphatic rings. The van der Waals surface area contributed by atoms with Gasteiger partial charge in [-0.05, 0) is 34.9 Å². The van der Waals surface area contributed by atoms with E-state index in [9.17, 15) is 0 Å². The molecule has 1 nitrogen and oxygen atoms in total. The Bertz CT molecular complexity index is 499. The largest absolute Gasteiger partial charge is 0.372 e. The molecule has 0 fully saturated rings. The first-order chi connectivity index (χ1) is 9.22. The van der Waals surface area contributed by atoms with Gasteiger partial charge in [0.25, 0.3) is 0 Å². The van der Waals surface area contributed by atoms with Gasteiger partial charge in [-0.15, -0.1) is 5.73 Å². The van der Waals surface area contributed by atoms with Gasteiger partial charge in [0.2, 0.25) is 0 Å². The Morgan fingerprint density at radius 1 is 1.53 bits per heavy atom. The summed E-state index contributed by atoms with van der Waals surface area (Å²) in [6.07, 6.45) is 8.96. The van der Waals surface area contributed by atoms with Crippen LogP contribution in [0.1, 0.15) is 18.9 Å². The Hall–Kier alpha value is -1.76. The van der Waals surface area contributed by atoms with E-state index in [1.165, 1.54) is 11.1 Å². The molecule has 19 heavy (non-hydrogen) atoms. The standard InChI is InChI=1S/C17H21NS/c1-5-9-15(16-12-13-19-14-16)10-8-11-17(6-2)18(4)7-3/h5,8-10,12-14H,1-2,7,11H2,3-4H3. The molecule has 100 valence electrons. The summed E-state index contributed by atoms with van der Waals surface area (Å²) in [7, 11) is 2.06. The zero-order valence-electron chi connectivity index (χ0n) is 11.7. The topological polar surface area (TPSA) is 3.24 Å². The van der Waals surface area contributed by atoms with Crippen LogP contribution in [0.25, 0.3) is 5.57 Å². The molecule has 0 spiro atoms. The molecule has 0 amide bonds. The third-order valence-electron chi connectivity index (χ3n) is 2.90. The van der Waals surface area contributed by atoms with Crippen LogP contribution >= 0.6 is 11.3 Å². The van der Waals surface area contributed by atoms with Crippen molar-refractivity contribution in [3.05, 3.63) is 71.3 Å². The van der Waals surface area contributed by atoms with Gasteiger partial charge in [-0.25, -0.2) is 0 Å². The Balaban J connectivity index is 2.76. The fraction of sp³-hybridized carbons (Fsp3) is 0.235. The second kappa shape index (κ2) is 8.36. The third-order valence-corrected chi connectivity index (χ3v) is 3.58. The van der Waals surface area contributed by atoms with E-state index < -0.39 is 0 Å². The lowest BCUT2D eigenvalue weighted by molar-refractivity contribution is 0.435. The number of thiophene rings is 1. The molecule has 1 rings (SSSR count). The highest BCUT2D eigenvalue weighted by Gasteiger charge is 2.00. The number of allylic oxidation sites excluding steroid dienone is 5. The molecule has 0 aromatic carbocycles. The smallest absolute Gasteiger partial charge is 0.0593 e. The summed E-state index contributed by atoms with van der Waals surface area (Å²) in [5, 5.41) is 4.22. The van der Waals surface area contributed by atoms with Gasteiger partial charge in [0.15, 0.2) is 0 Å². The molecule has 0 saturated heterocycles. The predicted octanol–water partition coefficient (Wildman–Crippen LogP) is 4.88. The minimum atomic E-state index is 0.840. The quantitative estimate of drug-likeness (QED) is 0.504. The van der Waals surface area contributed by atoms with E-state index in [1.807, 2.05) is 12.2 Å². The minimum Gasteiger partial charge on any atom is -0.372 e. The van der Waals surface area contributed by atoms with Crippen molar-refractivity contribution in [3.63, 3.8) is 0 Å². The van der Waals surface area contributed by atoms with Crippen molar-refractivity contribution in [2.45, 2.75) is 13.3 Å². The van der Waals surface area contributed by atoms with E-state index in [0.29, 0.717) is 0 Å². The lowest BCUT2D eigenvalue weighted by atomic mass is 10.1. The van der Waals surface area contributed by atoms with Crippen LogP contribution in [-0.2, 0) is 0 Å². The summed E-state index contributed by atoms with van der Waals surface area (Å²) in [6.45, 7) is 10.6. The molecule has 0 aliphatic carbocycles. The highest BCUT2D eigenvalue weighted by atomic mass is 32.1. The van der Waals surface area contributed by atoms with E-state index >= 15 is 0 Å². The molecule has 2 heteroatoms.